The zero-order valence-corrected chi connectivity index (χ0v) is 13.1. The van der Waals surface area contributed by atoms with Crippen LogP contribution in [0.25, 0.3) is 0 Å². The first-order chi connectivity index (χ1) is 9.93. The molecule has 0 spiro atoms. The first-order valence-corrected chi connectivity index (χ1v) is 7.09. The number of rotatable bonds is 3. The molecule has 0 bridgehead atoms. The molecular formula is C14H14ClN3O2S. The average molecular weight is 324 g/mol. The van der Waals surface area contributed by atoms with Gasteiger partial charge in [0.05, 0.1) is 5.69 Å². The topological polar surface area (TPSA) is 70.4 Å². The quantitative estimate of drug-likeness (QED) is 0.672. The van der Waals surface area contributed by atoms with Gasteiger partial charge in [-0.3, -0.25) is 19.3 Å². The number of nitrogens with zero attached hydrogens (tertiary/aromatic N) is 2. The van der Waals surface area contributed by atoms with Crippen molar-refractivity contribution in [2.75, 3.05) is 0 Å². The number of halogens is 1. The molecule has 0 fully saturated rings. The van der Waals surface area contributed by atoms with Crippen molar-refractivity contribution in [2.45, 2.75) is 20.4 Å². The molecule has 110 valence electrons. The van der Waals surface area contributed by atoms with Crippen molar-refractivity contribution < 1.29 is 5.11 Å². The van der Waals surface area contributed by atoms with Crippen molar-refractivity contribution in [3.63, 3.8) is 0 Å². The smallest absolute Gasteiger partial charge is 0.264 e. The molecule has 7 heteroatoms. The second-order valence-electron chi connectivity index (χ2n) is 4.43. The average Bonchev–Trinajstić information content (AvgIpc) is 2.42. The van der Waals surface area contributed by atoms with Crippen LogP contribution in [0.4, 0.5) is 5.69 Å². The van der Waals surface area contributed by atoms with Gasteiger partial charge in [0.2, 0.25) is 5.88 Å². The fourth-order valence-corrected chi connectivity index (χ4v) is 2.27. The Bertz CT molecular complexity index is 824. The number of H-pyrrole nitrogens is 1. The van der Waals surface area contributed by atoms with Crippen LogP contribution in [0.2, 0.25) is 5.02 Å². The number of aromatic hydroxyl groups is 1. The molecule has 5 nitrogen and oxygen atoms in total. The van der Waals surface area contributed by atoms with Gasteiger partial charge >= 0.3 is 0 Å². The number of benzene rings is 1. The minimum absolute atomic E-state index is 0.0575. The lowest BCUT2D eigenvalue weighted by atomic mass is 10.2. The maximum absolute atomic E-state index is 11.9. The summed E-state index contributed by atoms with van der Waals surface area (Å²) in [5.74, 6) is -0.201. The molecule has 1 aromatic carbocycles. The standard InChI is InChI=1S/C14H14ClN3O2S/c1-3-18-13(20)10(12(19)17-14(18)21)7-16-9-5-4-8(2)11(15)6-9/h4-7,20H,3H2,1-2H3,(H,17,19,21). The Morgan fingerprint density at radius 3 is 2.86 bits per heavy atom. The number of aliphatic imine (C=N–C) groups is 1. The minimum atomic E-state index is -0.482. The first kappa shape index (κ1) is 15.5. The summed E-state index contributed by atoms with van der Waals surface area (Å²) >= 11 is 11.0. The highest BCUT2D eigenvalue weighted by molar-refractivity contribution is 7.71. The summed E-state index contributed by atoms with van der Waals surface area (Å²) in [6.07, 6.45) is 1.30. The minimum Gasteiger partial charge on any atom is -0.494 e. The maximum Gasteiger partial charge on any atom is 0.264 e. The highest BCUT2D eigenvalue weighted by atomic mass is 35.5. The Labute approximate surface area is 131 Å². The van der Waals surface area contributed by atoms with Gasteiger partial charge in [0.15, 0.2) is 4.77 Å². The summed E-state index contributed by atoms with van der Waals surface area (Å²) in [6, 6.07) is 5.30. The van der Waals surface area contributed by atoms with Crippen molar-refractivity contribution in [3.8, 4) is 5.88 Å². The fraction of sp³-hybridized carbons (Fsp3) is 0.214. The lowest BCUT2D eigenvalue weighted by Gasteiger charge is -2.07. The van der Waals surface area contributed by atoms with Gasteiger partial charge in [0.25, 0.3) is 5.56 Å². The molecule has 0 saturated carbocycles. The van der Waals surface area contributed by atoms with E-state index < -0.39 is 5.56 Å². The number of hydrogen-bond donors (Lipinski definition) is 2. The molecule has 2 aromatic rings. The summed E-state index contributed by atoms with van der Waals surface area (Å²) in [7, 11) is 0. The third-order valence-electron chi connectivity index (χ3n) is 3.02. The van der Waals surface area contributed by atoms with E-state index in [0.29, 0.717) is 17.3 Å². The van der Waals surface area contributed by atoms with E-state index >= 15 is 0 Å². The van der Waals surface area contributed by atoms with Crippen LogP contribution in [0.3, 0.4) is 0 Å². The molecule has 21 heavy (non-hydrogen) atoms. The molecule has 2 N–H and O–H groups in total. The second-order valence-corrected chi connectivity index (χ2v) is 5.23. The third-order valence-corrected chi connectivity index (χ3v) is 3.75. The predicted octanol–water partition coefficient (Wildman–Crippen LogP) is 3.34. The van der Waals surface area contributed by atoms with E-state index in [1.807, 2.05) is 19.9 Å². The van der Waals surface area contributed by atoms with Crippen LogP contribution in [-0.2, 0) is 6.54 Å². The van der Waals surface area contributed by atoms with E-state index in [1.165, 1.54) is 10.8 Å². The Kier molecular flexibility index (Phi) is 4.59. The molecule has 1 heterocycles. The van der Waals surface area contributed by atoms with Gasteiger partial charge in [-0.15, -0.1) is 0 Å². The SMILES string of the molecule is CCn1c(O)c(C=Nc2ccc(C)c(Cl)c2)c(=O)[nH]c1=S. The lowest BCUT2D eigenvalue weighted by molar-refractivity contribution is 0.408. The van der Waals surface area contributed by atoms with E-state index in [4.69, 9.17) is 23.8 Å². The van der Waals surface area contributed by atoms with Crippen molar-refractivity contribution >= 4 is 35.7 Å². The Hall–Kier alpha value is -1.92. The van der Waals surface area contributed by atoms with E-state index in [0.717, 1.165) is 5.56 Å². The van der Waals surface area contributed by atoms with Crippen LogP contribution >= 0.6 is 23.8 Å². The molecule has 0 aliphatic carbocycles. The number of aromatic amines is 1. The summed E-state index contributed by atoms with van der Waals surface area (Å²) in [4.78, 5) is 18.5. The molecule has 0 aliphatic rings. The largest absolute Gasteiger partial charge is 0.494 e. The normalized spacial score (nSPS) is 11.2. The van der Waals surface area contributed by atoms with Gasteiger partial charge in [-0.2, -0.15) is 0 Å². The first-order valence-electron chi connectivity index (χ1n) is 6.30. The van der Waals surface area contributed by atoms with Gasteiger partial charge < -0.3 is 5.11 Å². The zero-order valence-electron chi connectivity index (χ0n) is 11.6. The maximum atomic E-state index is 11.9. The Balaban J connectivity index is 2.48. The predicted molar refractivity (Wildman–Crippen MR) is 86.7 cm³/mol. The van der Waals surface area contributed by atoms with Crippen molar-refractivity contribution in [1.29, 1.82) is 0 Å². The molecule has 0 atom stereocenters. The van der Waals surface area contributed by atoms with Gasteiger partial charge in [0.1, 0.15) is 5.56 Å². The summed E-state index contributed by atoms with van der Waals surface area (Å²) in [5, 5.41) is 10.7. The molecule has 0 aliphatic heterocycles. The fourth-order valence-electron chi connectivity index (χ4n) is 1.79. The number of nitrogens with one attached hydrogen (secondary N) is 1. The van der Waals surface area contributed by atoms with Crippen LogP contribution in [0, 0.1) is 11.7 Å². The van der Waals surface area contributed by atoms with E-state index in [-0.39, 0.29) is 16.2 Å². The van der Waals surface area contributed by atoms with Gasteiger partial charge in [-0.25, -0.2) is 0 Å². The molecular weight excluding hydrogens is 310 g/mol. The molecule has 1 aromatic heterocycles. The van der Waals surface area contributed by atoms with Crippen molar-refractivity contribution in [3.05, 3.63) is 49.5 Å². The molecule has 0 amide bonds. The molecule has 0 unspecified atom stereocenters. The number of aryl methyl sites for hydroxylation is 1. The van der Waals surface area contributed by atoms with Crippen LogP contribution in [-0.4, -0.2) is 20.9 Å². The van der Waals surface area contributed by atoms with Crippen LogP contribution in [0.5, 0.6) is 5.88 Å². The number of hydrogen-bond acceptors (Lipinski definition) is 4. The van der Waals surface area contributed by atoms with Crippen molar-refractivity contribution in [1.82, 2.24) is 9.55 Å². The summed E-state index contributed by atoms with van der Waals surface area (Å²) in [6.45, 7) is 4.14. The van der Waals surface area contributed by atoms with Crippen LogP contribution in [0.1, 0.15) is 18.1 Å². The molecule has 2 rings (SSSR count). The van der Waals surface area contributed by atoms with Crippen molar-refractivity contribution in [2.24, 2.45) is 4.99 Å². The zero-order chi connectivity index (χ0) is 15.6. The summed E-state index contributed by atoms with van der Waals surface area (Å²) in [5.41, 5.74) is 1.11. The van der Waals surface area contributed by atoms with Gasteiger partial charge in [-0.05, 0) is 43.8 Å². The van der Waals surface area contributed by atoms with E-state index in [9.17, 15) is 9.90 Å². The molecule has 0 radical (unpaired) electrons. The van der Waals surface area contributed by atoms with E-state index in [2.05, 4.69) is 9.98 Å². The van der Waals surface area contributed by atoms with E-state index in [1.54, 1.807) is 12.1 Å². The number of aromatic nitrogens is 2. The molecule has 0 saturated heterocycles. The Morgan fingerprint density at radius 2 is 2.24 bits per heavy atom. The summed E-state index contributed by atoms with van der Waals surface area (Å²) < 4.78 is 1.59. The second kappa shape index (κ2) is 6.24. The Morgan fingerprint density at radius 1 is 1.52 bits per heavy atom. The van der Waals surface area contributed by atoms with Crippen LogP contribution in [0.15, 0.2) is 28.0 Å². The van der Waals surface area contributed by atoms with Gasteiger partial charge in [0, 0.05) is 17.8 Å². The third kappa shape index (κ3) is 3.22. The lowest BCUT2D eigenvalue weighted by Crippen LogP contribution is -2.18. The highest BCUT2D eigenvalue weighted by Gasteiger charge is 2.09. The monoisotopic (exact) mass is 323 g/mol. The van der Waals surface area contributed by atoms with Crippen LogP contribution < -0.4 is 5.56 Å². The van der Waals surface area contributed by atoms with Gasteiger partial charge in [-0.1, -0.05) is 17.7 Å². The highest BCUT2D eigenvalue weighted by Crippen LogP contribution is 2.22.